The number of hydrogen-bond acceptors (Lipinski definition) is 2. The maximum Gasteiger partial charge on any atom is 0.191 e. The molecule has 138 valence electrons. The number of benzene rings is 1. The number of aliphatic imine (C=N–C) groups is 1. The SMILES string of the molecule is CCNC(=NCCCCCOC)NCCc1cc(C)cc(C)c1.I. The molecule has 2 N–H and O–H groups in total. The summed E-state index contributed by atoms with van der Waals surface area (Å²) in [7, 11) is 1.75. The zero-order chi connectivity index (χ0) is 16.9. The molecule has 0 saturated heterocycles. The van der Waals surface area contributed by atoms with Crippen LogP contribution in [0.25, 0.3) is 0 Å². The van der Waals surface area contributed by atoms with E-state index in [2.05, 4.69) is 54.6 Å². The van der Waals surface area contributed by atoms with E-state index in [0.717, 1.165) is 51.5 Å². The first-order valence-corrected chi connectivity index (χ1v) is 8.74. The van der Waals surface area contributed by atoms with Gasteiger partial charge in [0.1, 0.15) is 0 Å². The van der Waals surface area contributed by atoms with Crippen molar-refractivity contribution in [2.75, 3.05) is 33.4 Å². The molecule has 0 amide bonds. The molecule has 1 rings (SSSR count). The van der Waals surface area contributed by atoms with Crippen LogP contribution in [0.3, 0.4) is 0 Å². The molecule has 0 aromatic heterocycles. The summed E-state index contributed by atoms with van der Waals surface area (Å²) in [5.74, 6) is 0.920. The first-order valence-electron chi connectivity index (χ1n) is 8.74. The molecule has 1 aromatic carbocycles. The van der Waals surface area contributed by atoms with Crippen LogP contribution < -0.4 is 10.6 Å². The van der Waals surface area contributed by atoms with Gasteiger partial charge < -0.3 is 15.4 Å². The molecule has 0 spiro atoms. The Balaban J connectivity index is 0.00000529. The molecule has 0 heterocycles. The smallest absolute Gasteiger partial charge is 0.191 e. The number of aryl methyl sites for hydroxylation is 2. The van der Waals surface area contributed by atoms with Crippen LogP contribution in [0.15, 0.2) is 23.2 Å². The number of methoxy groups -OCH3 is 1. The molecular weight excluding hydrogens is 413 g/mol. The lowest BCUT2D eigenvalue weighted by Gasteiger charge is -2.12. The van der Waals surface area contributed by atoms with Gasteiger partial charge in [0.15, 0.2) is 5.96 Å². The molecule has 0 radical (unpaired) electrons. The van der Waals surface area contributed by atoms with Crippen LogP contribution in [0.4, 0.5) is 0 Å². The Morgan fingerprint density at radius 2 is 1.75 bits per heavy atom. The molecule has 4 nitrogen and oxygen atoms in total. The van der Waals surface area contributed by atoms with Crippen molar-refractivity contribution in [3.8, 4) is 0 Å². The van der Waals surface area contributed by atoms with Gasteiger partial charge in [-0.3, -0.25) is 4.99 Å². The molecule has 0 bridgehead atoms. The predicted octanol–water partition coefficient (Wildman–Crippen LogP) is 3.84. The van der Waals surface area contributed by atoms with Crippen molar-refractivity contribution in [3.05, 3.63) is 34.9 Å². The van der Waals surface area contributed by atoms with Crippen LogP contribution in [0.2, 0.25) is 0 Å². The van der Waals surface area contributed by atoms with Crippen molar-refractivity contribution in [1.29, 1.82) is 0 Å². The van der Waals surface area contributed by atoms with Crippen LogP contribution >= 0.6 is 24.0 Å². The Morgan fingerprint density at radius 1 is 1.04 bits per heavy atom. The van der Waals surface area contributed by atoms with E-state index in [1.807, 2.05) is 0 Å². The topological polar surface area (TPSA) is 45.7 Å². The zero-order valence-corrected chi connectivity index (χ0v) is 18.0. The van der Waals surface area contributed by atoms with Gasteiger partial charge in [-0.1, -0.05) is 29.3 Å². The molecule has 1 aromatic rings. The summed E-state index contributed by atoms with van der Waals surface area (Å²) in [5, 5.41) is 6.73. The Labute approximate surface area is 164 Å². The van der Waals surface area contributed by atoms with Gasteiger partial charge in [-0.25, -0.2) is 0 Å². The van der Waals surface area contributed by atoms with E-state index < -0.39 is 0 Å². The van der Waals surface area contributed by atoms with Gasteiger partial charge >= 0.3 is 0 Å². The van der Waals surface area contributed by atoms with E-state index in [0.29, 0.717) is 0 Å². The number of ether oxygens (including phenoxy) is 1. The maximum absolute atomic E-state index is 5.06. The molecule has 0 saturated carbocycles. The average Bonchev–Trinajstić information content (AvgIpc) is 2.49. The molecule has 0 aliphatic heterocycles. The summed E-state index contributed by atoms with van der Waals surface area (Å²) in [5.41, 5.74) is 4.04. The minimum Gasteiger partial charge on any atom is -0.385 e. The van der Waals surface area contributed by atoms with Crippen molar-refractivity contribution in [1.82, 2.24) is 10.6 Å². The third kappa shape index (κ3) is 10.9. The van der Waals surface area contributed by atoms with E-state index in [1.54, 1.807) is 7.11 Å². The fourth-order valence-corrected chi connectivity index (χ4v) is 2.61. The highest BCUT2D eigenvalue weighted by atomic mass is 127. The molecule has 0 fully saturated rings. The van der Waals surface area contributed by atoms with Gasteiger partial charge in [0.2, 0.25) is 0 Å². The summed E-state index contributed by atoms with van der Waals surface area (Å²) in [6.45, 7) is 9.90. The lowest BCUT2D eigenvalue weighted by atomic mass is 10.1. The summed E-state index contributed by atoms with van der Waals surface area (Å²) in [4.78, 5) is 4.63. The summed E-state index contributed by atoms with van der Waals surface area (Å²) in [6.07, 6.45) is 4.40. The highest BCUT2D eigenvalue weighted by Crippen LogP contribution is 2.08. The van der Waals surface area contributed by atoms with Gasteiger partial charge in [-0.15, -0.1) is 24.0 Å². The number of nitrogens with one attached hydrogen (secondary N) is 2. The van der Waals surface area contributed by atoms with Gasteiger partial charge in [-0.05, 0) is 52.0 Å². The Hall–Kier alpha value is -0.820. The second-order valence-electron chi connectivity index (χ2n) is 5.99. The van der Waals surface area contributed by atoms with Crippen LogP contribution in [0, 0.1) is 13.8 Å². The highest BCUT2D eigenvalue weighted by molar-refractivity contribution is 14.0. The minimum atomic E-state index is 0. The molecule has 0 atom stereocenters. The van der Waals surface area contributed by atoms with Gasteiger partial charge in [-0.2, -0.15) is 0 Å². The number of guanidine groups is 1. The number of hydrogen-bond donors (Lipinski definition) is 2. The quantitative estimate of drug-likeness (QED) is 0.248. The van der Waals surface area contributed by atoms with Crippen LogP contribution in [0.5, 0.6) is 0 Å². The van der Waals surface area contributed by atoms with Crippen molar-refractivity contribution >= 4 is 29.9 Å². The van der Waals surface area contributed by atoms with Gasteiger partial charge in [0, 0.05) is 33.4 Å². The number of unbranched alkanes of at least 4 members (excludes halogenated alkanes) is 2. The molecule has 0 aliphatic rings. The van der Waals surface area contributed by atoms with E-state index in [4.69, 9.17) is 4.74 Å². The lowest BCUT2D eigenvalue weighted by molar-refractivity contribution is 0.192. The first-order chi connectivity index (χ1) is 11.2. The van der Waals surface area contributed by atoms with Crippen molar-refractivity contribution in [3.63, 3.8) is 0 Å². The molecule has 0 aliphatic carbocycles. The lowest BCUT2D eigenvalue weighted by Crippen LogP contribution is -2.38. The molecule has 0 unspecified atom stereocenters. The van der Waals surface area contributed by atoms with Crippen LogP contribution in [-0.2, 0) is 11.2 Å². The second kappa shape index (κ2) is 14.5. The second-order valence-corrected chi connectivity index (χ2v) is 5.99. The predicted molar refractivity (Wildman–Crippen MR) is 115 cm³/mol. The average molecular weight is 447 g/mol. The zero-order valence-electron chi connectivity index (χ0n) is 15.7. The highest BCUT2D eigenvalue weighted by Gasteiger charge is 1.99. The number of halogens is 1. The monoisotopic (exact) mass is 447 g/mol. The third-order valence-corrected chi connectivity index (χ3v) is 3.61. The van der Waals surface area contributed by atoms with Crippen LogP contribution in [0.1, 0.15) is 42.9 Å². The minimum absolute atomic E-state index is 0. The molecule has 5 heteroatoms. The largest absolute Gasteiger partial charge is 0.385 e. The standard InChI is InChI=1S/C19H33N3O.HI/c1-5-20-19(21-10-7-6-8-12-23-4)22-11-9-18-14-16(2)13-17(3)15-18;/h13-15H,5-12H2,1-4H3,(H2,20,21,22);1H. The summed E-state index contributed by atoms with van der Waals surface area (Å²) in [6, 6.07) is 6.73. The fourth-order valence-electron chi connectivity index (χ4n) is 2.61. The fraction of sp³-hybridized carbons (Fsp3) is 0.632. The Bertz CT molecular complexity index is 457. The van der Waals surface area contributed by atoms with Gasteiger partial charge in [0.25, 0.3) is 0 Å². The van der Waals surface area contributed by atoms with Gasteiger partial charge in [0.05, 0.1) is 0 Å². The maximum atomic E-state index is 5.06. The molecular formula is C19H34IN3O. The Kier molecular flexibility index (Phi) is 14.0. The first kappa shape index (κ1) is 23.2. The summed E-state index contributed by atoms with van der Waals surface area (Å²) >= 11 is 0. The van der Waals surface area contributed by atoms with Crippen molar-refractivity contribution < 1.29 is 4.74 Å². The van der Waals surface area contributed by atoms with E-state index in [1.165, 1.54) is 23.1 Å². The van der Waals surface area contributed by atoms with E-state index in [9.17, 15) is 0 Å². The van der Waals surface area contributed by atoms with Crippen molar-refractivity contribution in [2.24, 2.45) is 4.99 Å². The third-order valence-electron chi connectivity index (χ3n) is 3.61. The number of nitrogens with zero attached hydrogens (tertiary/aromatic N) is 1. The normalized spacial score (nSPS) is 11.1. The summed E-state index contributed by atoms with van der Waals surface area (Å²) < 4.78 is 5.06. The van der Waals surface area contributed by atoms with E-state index in [-0.39, 0.29) is 24.0 Å². The Morgan fingerprint density at radius 3 is 2.38 bits per heavy atom. The van der Waals surface area contributed by atoms with E-state index >= 15 is 0 Å². The number of rotatable bonds is 10. The van der Waals surface area contributed by atoms with Crippen LogP contribution in [-0.4, -0.2) is 39.3 Å². The molecule has 24 heavy (non-hydrogen) atoms. The van der Waals surface area contributed by atoms with Crippen molar-refractivity contribution in [2.45, 2.75) is 46.5 Å².